The third kappa shape index (κ3) is 7.71. The molecule has 2 aliphatic rings. The summed E-state index contributed by atoms with van der Waals surface area (Å²) < 4.78 is 17.7. The van der Waals surface area contributed by atoms with Gasteiger partial charge in [0.05, 0.1) is 13.2 Å². The van der Waals surface area contributed by atoms with Gasteiger partial charge in [-0.15, -0.1) is 0 Å². The molecule has 0 bridgehead atoms. The first-order chi connectivity index (χ1) is 16.1. The molecule has 0 aromatic heterocycles. The fourth-order valence-electron chi connectivity index (χ4n) is 4.54. The normalized spacial score (nSPS) is 22.6. The van der Waals surface area contributed by atoms with Crippen molar-refractivity contribution in [2.45, 2.75) is 38.3 Å². The fourth-order valence-corrected chi connectivity index (χ4v) is 4.54. The number of likely N-dealkylation sites (tertiary alicyclic amines) is 1. The van der Waals surface area contributed by atoms with Crippen molar-refractivity contribution in [3.8, 4) is 11.5 Å². The van der Waals surface area contributed by atoms with Gasteiger partial charge in [0.15, 0.2) is 0 Å². The lowest BCUT2D eigenvalue weighted by Gasteiger charge is -2.30. The van der Waals surface area contributed by atoms with Crippen molar-refractivity contribution in [3.05, 3.63) is 59.7 Å². The Morgan fingerprint density at radius 1 is 0.939 bits per heavy atom. The van der Waals surface area contributed by atoms with Crippen LogP contribution in [0.1, 0.15) is 30.4 Å². The molecule has 6 heteroatoms. The molecular weight excluding hydrogens is 416 g/mol. The summed E-state index contributed by atoms with van der Waals surface area (Å²) >= 11 is 0. The van der Waals surface area contributed by atoms with Crippen molar-refractivity contribution < 1.29 is 19.3 Å². The second-order valence-electron chi connectivity index (χ2n) is 9.49. The third-order valence-electron chi connectivity index (χ3n) is 6.40. The zero-order valence-electron chi connectivity index (χ0n) is 19.9. The SMILES string of the molecule is Cc1ccc(OC[C@@]2(O)COCCN(Cc3cccc(OCCN4CCCCC4)c3)C2)cc1. The highest BCUT2D eigenvalue weighted by molar-refractivity contribution is 5.29. The van der Waals surface area contributed by atoms with E-state index in [9.17, 15) is 5.11 Å². The largest absolute Gasteiger partial charge is 0.492 e. The van der Waals surface area contributed by atoms with Crippen LogP contribution in [-0.2, 0) is 11.3 Å². The topological polar surface area (TPSA) is 54.4 Å². The second kappa shape index (κ2) is 11.8. The van der Waals surface area contributed by atoms with Gasteiger partial charge in [0.1, 0.15) is 30.3 Å². The number of aliphatic hydroxyl groups is 1. The van der Waals surface area contributed by atoms with Crippen molar-refractivity contribution in [1.82, 2.24) is 9.80 Å². The van der Waals surface area contributed by atoms with Crippen LogP contribution >= 0.6 is 0 Å². The van der Waals surface area contributed by atoms with E-state index in [1.807, 2.05) is 43.3 Å². The first-order valence-electron chi connectivity index (χ1n) is 12.2. The lowest BCUT2D eigenvalue weighted by molar-refractivity contribution is -0.0646. The molecule has 4 rings (SSSR count). The van der Waals surface area contributed by atoms with E-state index in [4.69, 9.17) is 14.2 Å². The van der Waals surface area contributed by atoms with E-state index < -0.39 is 5.60 Å². The zero-order chi connectivity index (χ0) is 22.9. The molecule has 2 heterocycles. The number of β-amino-alcohol motifs (C(OH)–C–C–N with tert-alkyl or cyclic N) is 1. The van der Waals surface area contributed by atoms with Crippen LogP contribution in [0.2, 0.25) is 0 Å². The van der Waals surface area contributed by atoms with Crippen LogP contribution < -0.4 is 9.47 Å². The molecule has 0 amide bonds. The summed E-state index contributed by atoms with van der Waals surface area (Å²) in [6.07, 6.45) is 3.96. The summed E-state index contributed by atoms with van der Waals surface area (Å²) in [5.74, 6) is 1.67. The maximum atomic E-state index is 11.2. The van der Waals surface area contributed by atoms with Gasteiger partial charge in [-0.2, -0.15) is 0 Å². The van der Waals surface area contributed by atoms with E-state index in [1.165, 1.54) is 43.5 Å². The molecule has 2 aromatic rings. The first-order valence-corrected chi connectivity index (χ1v) is 12.2. The second-order valence-corrected chi connectivity index (χ2v) is 9.49. The summed E-state index contributed by atoms with van der Waals surface area (Å²) in [6, 6.07) is 16.2. The number of benzene rings is 2. The number of rotatable bonds is 9. The molecule has 0 spiro atoms. The monoisotopic (exact) mass is 454 g/mol. The predicted molar refractivity (Wildman–Crippen MR) is 130 cm³/mol. The van der Waals surface area contributed by atoms with Crippen LogP contribution in [0.3, 0.4) is 0 Å². The number of nitrogens with zero attached hydrogens (tertiary/aromatic N) is 2. The third-order valence-corrected chi connectivity index (χ3v) is 6.40. The molecule has 6 nitrogen and oxygen atoms in total. The Hall–Kier alpha value is -2.12. The number of hydrogen-bond donors (Lipinski definition) is 1. The first kappa shape index (κ1) is 24.0. The van der Waals surface area contributed by atoms with Crippen molar-refractivity contribution in [2.75, 3.05) is 59.2 Å². The summed E-state index contributed by atoms with van der Waals surface area (Å²) in [4.78, 5) is 4.72. The van der Waals surface area contributed by atoms with Crippen LogP contribution in [-0.4, -0.2) is 79.7 Å². The van der Waals surface area contributed by atoms with Gasteiger partial charge in [-0.3, -0.25) is 9.80 Å². The molecular formula is C27H38N2O4. The Morgan fingerprint density at radius 2 is 1.76 bits per heavy atom. The van der Waals surface area contributed by atoms with E-state index in [2.05, 4.69) is 21.9 Å². The molecule has 33 heavy (non-hydrogen) atoms. The maximum absolute atomic E-state index is 11.2. The highest BCUT2D eigenvalue weighted by Crippen LogP contribution is 2.20. The molecule has 0 saturated carbocycles. The molecule has 180 valence electrons. The van der Waals surface area contributed by atoms with Gasteiger partial charge >= 0.3 is 0 Å². The summed E-state index contributed by atoms with van der Waals surface area (Å²) in [5, 5.41) is 11.2. The molecule has 2 fully saturated rings. The average molecular weight is 455 g/mol. The van der Waals surface area contributed by atoms with Crippen LogP contribution in [0.15, 0.2) is 48.5 Å². The Kier molecular flexibility index (Phi) is 8.62. The zero-order valence-corrected chi connectivity index (χ0v) is 19.9. The minimum absolute atomic E-state index is 0.201. The molecule has 2 aliphatic heterocycles. The van der Waals surface area contributed by atoms with Crippen molar-refractivity contribution >= 4 is 0 Å². The molecule has 2 aromatic carbocycles. The number of hydrogen-bond acceptors (Lipinski definition) is 6. The Balaban J connectivity index is 1.28. The number of aryl methyl sites for hydroxylation is 1. The van der Waals surface area contributed by atoms with Crippen molar-refractivity contribution in [3.63, 3.8) is 0 Å². The van der Waals surface area contributed by atoms with E-state index in [-0.39, 0.29) is 13.2 Å². The Bertz CT molecular complexity index is 853. The number of ether oxygens (including phenoxy) is 3. The molecule has 0 unspecified atom stereocenters. The fraction of sp³-hybridized carbons (Fsp3) is 0.556. The smallest absolute Gasteiger partial charge is 0.134 e. The summed E-state index contributed by atoms with van der Waals surface area (Å²) in [6.45, 7) is 9.21. The van der Waals surface area contributed by atoms with Gasteiger partial charge in [-0.05, 0) is 62.7 Å². The van der Waals surface area contributed by atoms with Crippen LogP contribution in [0.25, 0.3) is 0 Å². The lowest BCUT2D eigenvalue weighted by Crippen LogP contribution is -2.48. The van der Waals surface area contributed by atoms with Gasteiger partial charge < -0.3 is 19.3 Å². The minimum Gasteiger partial charge on any atom is -0.492 e. The summed E-state index contributed by atoms with van der Waals surface area (Å²) in [5.41, 5.74) is 1.31. The molecule has 0 radical (unpaired) electrons. The van der Waals surface area contributed by atoms with Crippen molar-refractivity contribution in [1.29, 1.82) is 0 Å². The highest BCUT2D eigenvalue weighted by Gasteiger charge is 2.33. The predicted octanol–water partition coefficient (Wildman–Crippen LogP) is 3.50. The Labute approximate surface area is 198 Å². The number of piperidine rings is 1. The molecule has 0 aliphatic carbocycles. The van der Waals surface area contributed by atoms with E-state index >= 15 is 0 Å². The van der Waals surface area contributed by atoms with Crippen LogP contribution in [0.5, 0.6) is 11.5 Å². The lowest BCUT2D eigenvalue weighted by atomic mass is 10.1. The van der Waals surface area contributed by atoms with Gasteiger partial charge in [0, 0.05) is 26.2 Å². The van der Waals surface area contributed by atoms with Gasteiger partial charge in [0.25, 0.3) is 0 Å². The van der Waals surface area contributed by atoms with E-state index in [0.717, 1.165) is 37.7 Å². The van der Waals surface area contributed by atoms with Gasteiger partial charge in [-0.25, -0.2) is 0 Å². The van der Waals surface area contributed by atoms with E-state index in [1.54, 1.807) is 0 Å². The van der Waals surface area contributed by atoms with E-state index in [0.29, 0.717) is 13.2 Å². The minimum atomic E-state index is -1.05. The summed E-state index contributed by atoms with van der Waals surface area (Å²) in [7, 11) is 0. The molecule has 1 N–H and O–H groups in total. The quantitative estimate of drug-likeness (QED) is 0.626. The molecule has 1 atom stereocenters. The van der Waals surface area contributed by atoms with Crippen LogP contribution in [0, 0.1) is 6.92 Å². The molecule has 2 saturated heterocycles. The Morgan fingerprint density at radius 3 is 2.58 bits per heavy atom. The van der Waals surface area contributed by atoms with Crippen molar-refractivity contribution in [2.24, 2.45) is 0 Å². The average Bonchev–Trinajstić information content (AvgIpc) is 3.01. The van der Waals surface area contributed by atoms with Gasteiger partial charge in [0.2, 0.25) is 0 Å². The highest BCUT2D eigenvalue weighted by atomic mass is 16.5. The maximum Gasteiger partial charge on any atom is 0.134 e. The van der Waals surface area contributed by atoms with Gasteiger partial charge in [-0.1, -0.05) is 36.2 Å². The standard InChI is InChI=1S/C27H38N2O4/c1-23-8-10-25(11-9-23)33-22-27(30)20-29(14-16-31-21-27)19-24-6-5-7-26(18-24)32-17-15-28-12-3-2-4-13-28/h5-11,18,30H,2-4,12-17,19-22H2,1H3/t27-/m0/s1. The van der Waals surface area contributed by atoms with Crippen LogP contribution in [0.4, 0.5) is 0 Å².